The third-order valence-corrected chi connectivity index (χ3v) is 4.93. The van der Waals surface area contributed by atoms with Crippen LogP contribution in [-0.4, -0.2) is 19.1 Å². The number of nitrogens with one attached hydrogen (secondary N) is 1. The van der Waals surface area contributed by atoms with Crippen LogP contribution in [0.1, 0.15) is 70.4 Å². The predicted octanol–water partition coefficient (Wildman–Crippen LogP) is 8.02. The molecule has 3 nitrogen and oxygen atoms in total. The lowest BCUT2D eigenvalue weighted by molar-refractivity contribution is -0.143. The lowest BCUT2D eigenvalue weighted by atomic mass is 10.1. The average molecular weight is 512 g/mol. The van der Waals surface area contributed by atoms with Crippen LogP contribution in [0.25, 0.3) is 0 Å². The van der Waals surface area contributed by atoms with E-state index in [1.807, 2.05) is 13.8 Å². The van der Waals surface area contributed by atoms with Crippen LogP contribution in [0.3, 0.4) is 0 Å². The number of carbonyl (C=O) groups is 1. The highest BCUT2D eigenvalue weighted by atomic mass is 19.4. The van der Waals surface area contributed by atoms with Crippen molar-refractivity contribution in [1.29, 1.82) is 0 Å². The molecule has 1 aromatic carbocycles. The van der Waals surface area contributed by atoms with Gasteiger partial charge in [-0.3, -0.25) is 4.79 Å². The first kappa shape index (κ1) is 30.5. The molecule has 198 valence electrons. The van der Waals surface area contributed by atoms with Crippen LogP contribution >= 0.6 is 0 Å². The largest absolute Gasteiger partial charge is 0.494 e. The number of ether oxygens (including phenoxy) is 1. The summed E-state index contributed by atoms with van der Waals surface area (Å²) in [5.74, 6) is -1.80. The Hall–Kier alpha value is -2.52. The van der Waals surface area contributed by atoms with Crippen LogP contribution in [0.5, 0.6) is 5.75 Å². The molecule has 0 heterocycles. The quantitative estimate of drug-likeness (QED) is 0.126. The summed E-state index contributed by atoms with van der Waals surface area (Å²) in [7, 11) is 0. The molecule has 0 fully saturated rings. The van der Waals surface area contributed by atoms with Crippen molar-refractivity contribution in [2.45, 2.75) is 71.6 Å². The molecule has 1 amide bonds. The molecule has 0 spiro atoms. The minimum absolute atomic E-state index is 0.000645. The lowest BCUT2D eigenvalue weighted by Gasteiger charge is -2.14. The fourth-order valence-corrected chi connectivity index (χ4v) is 2.98. The third-order valence-electron chi connectivity index (χ3n) is 4.93. The van der Waals surface area contributed by atoms with Gasteiger partial charge in [-0.15, -0.1) is 0 Å². The second-order valence-electron chi connectivity index (χ2n) is 8.65. The number of unbranched alkanes of at least 4 members (excludes halogenated alkanes) is 5. The molecule has 0 aromatic heterocycles. The van der Waals surface area contributed by atoms with E-state index in [0.717, 1.165) is 19.3 Å². The van der Waals surface area contributed by atoms with Gasteiger partial charge in [0.15, 0.2) is 5.83 Å². The van der Waals surface area contributed by atoms with Crippen LogP contribution in [0.4, 0.5) is 30.7 Å². The maximum absolute atomic E-state index is 14.0. The standard InChI is InChI=1S/C25H32F7NO2/c1-17(2)16-33-23(34)22(26)18(3)11-9-7-5-4-6-8-10-12-35-21-14-19(24(27,28)29)13-20(15-21)25(30,31)32/h9,11,13-15,17H,4-8,10,12,16H2,1-3H3,(H,33,34)/b11-9+,22-18-. The van der Waals surface area contributed by atoms with Gasteiger partial charge in [-0.25, -0.2) is 4.39 Å². The fraction of sp³-hybridized carbons (Fsp3) is 0.560. The van der Waals surface area contributed by atoms with Crippen LogP contribution in [0.15, 0.2) is 41.8 Å². The Morgan fingerprint density at radius 2 is 1.49 bits per heavy atom. The molecule has 35 heavy (non-hydrogen) atoms. The maximum atomic E-state index is 14.0. The maximum Gasteiger partial charge on any atom is 0.416 e. The minimum Gasteiger partial charge on any atom is -0.494 e. The van der Waals surface area contributed by atoms with Gasteiger partial charge in [-0.2, -0.15) is 26.3 Å². The smallest absolute Gasteiger partial charge is 0.416 e. The number of allylic oxidation sites excluding steroid dienone is 3. The second-order valence-corrected chi connectivity index (χ2v) is 8.65. The van der Waals surface area contributed by atoms with Crippen molar-refractivity contribution < 1.29 is 40.3 Å². The number of hydrogen-bond acceptors (Lipinski definition) is 2. The summed E-state index contributed by atoms with van der Waals surface area (Å²) in [6, 6.07) is 1.19. The monoisotopic (exact) mass is 511 g/mol. The second kappa shape index (κ2) is 14.1. The van der Waals surface area contributed by atoms with Crippen LogP contribution < -0.4 is 10.1 Å². The summed E-state index contributed by atoms with van der Waals surface area (Å²) >= 11 is 0. The molecule has 1 rings (SSSR count). The summed E-state index contributed by atoms with van der Waals surface area (Å²) in [5, 5.41) is 2.51. The van der Waals surface area contributed by atoms with Gasteiger partial charge in [0.25, 0.3) is 5.91 Å². The molecule has 10 heteroatoms. The first-order valence-corrected chi connectivity index (χ1v) is 11.4. The van der Waals surface area contributed by atoms with E-state index < -0.39 is 41.0 Å². The van der Waals surface area contributed by atoms with Gasteiger partial charge in [0.1, 0.15) is 5.75 Å². The molecule has 1 N–H and O–H groups in total. The summed E-state index contributed by atoms with van der Waals surface area (Å²) in [6.07, 6.45) is -2.18. The highest BCUT2D eigenvalue weighted by Gasteiger charge is 2.37. The highest BCUT2D eigenvalue weighted by Crippen LogP contribution is 2.38. The Morgan fingerprint density at radius 1 is 0.943 bits per heavy atom. The van der Waals surface area contributed by atoms with Crippen LogP contribution in [-0.2, 0) is 17.1 Å². The normalized spacial score (nSPS) is 13.3. The predicted molar refractivity (Wildman–Crippen MR) is 120 cm³/mol. The number of rotatable bonds is 13. The zero-order chi connectivity index (χ0) is 26.6. The summed E-state index contributed by atoms with van der Waals surface area (Å²) < 4.78 is 96.3. The van der Waals surface area contributed by atoms with Gasteiger partial charge < -0.3 is 10.1 Å². The van der Waals surface area contributed by atoms with Crippen molar-refractivity contribution in [3.05, 3.63) is 52.9 Å². The Balaban J connectivity index is 2.35. The van der Waals surface area contributed by atoms with Gasteiger partial charge in [0, 0.05) is 6.54 Å². The Bertz CT molecular complexity index is 839. The first-order chi connectivity index (χ1) is 16.2. The molecular weight excluding hydrogens is 479 g/mol. The van der Waals surface area contributed by atoms with E-state index in [4.69, 9.17) is 4.74 Å². The van der Waals surface area contributed by atoms with E-state index in [2.05, 4.69) is 5.32 Å². The number of carbonyl (C=O) groups excluding carboxylic acids is 1. The van der Waals surface area contributed by atoms with Gasteiger partial charge in [0.05, 0.1) is 17.7 Å². The van der Waals surface area contributed by atoms with Gasteiger partial charge in [-0.1, -0.05) is 45.3 Å². The summed E-state index contributed by atoms with van der Waals surface area (Å²) in [6.45, 7) is 5.72. The van der Waals surface area contributed by atoms with E-state index >= 15 is 0 Å². The van der Waals surface area contributed by atoms with Crippen molar-refractivity contribution in [3.63, 3.8) is 0 Å². The molecule has 0 aliphatic heterocycles. The van der Waals surface area contributed by atoms with Crippen LogP contribution in [0, 0.1) is 5.92 Å². The third kappa shape index (κ3) is 12.1. The molecule has 0 saturated carbocycles. The van der Waals surface area contributed by atoms with Crippen molar-refractivity contribution in [2.24, 2.45) is 5.92 Å². The molecule has 1 aromatic rings. The first-order valence-electron chi connectivity index (χ1n) is 11.4. The highest BCUT2D eigenvalue weighted by molar-refractivity contribution is 5.92. The summed E-state index contributed by atoms with van der Waals surface area (Å²) in [4.78, 5) is 11.7. The Labute approximate surface area is 201 Å². The van der Waals surface area contributed by atoms with Crippen LogP contribution in [0.2, 0.25) is 0 Å². The van der Waals surface area contributed by atoms with E-state index in [0.29, 0.717) is 37.9 Å². The lowest BCUT2D eigenvalue weighted by Crippen LogP contribution is -2.27. The van der Waals surface area contributed by atoms with Crippen molar-refractivity contribution in [3.8, 4) is 5.75 Å². The molecule has 0 aliphatic rings. The summed E-state index contributed by atoms with van der Waals surface area (Å²) in [5.41, 5.74) is -2.57. The number of amides is 1. The van der Waals surface area contributed by atoms with Gasteiger partial charge >= 0.3 is 12.4 Å². The minimum atomic E-state index is -4.91. The topological polar surface area (TPSA) is 38.3 Å². The average Bonchev–Trinajstić information content (AvgIpc) is 2.76. The van der Waals surface area contributed by atoms with E-state index in [1.165, 1.54) is 6.92 Å². The van der Waals surface area contributed by atoms with E-state index in [-0.39, 0.29) is 24.2 Å². The Kier molecular flexibility index (Phi) is 12.3. The zero-order valence-corrected chi connectivity index (χ0v) is 20.1. The van der Waals surface area contributed by atoms with Crippen molar-refractivity contribution >= 4 is 5.91 Å². The van der Waals surface area contributed by atoms with Gasteiger partial charge in [-0.05, 0) is 55.9 Å². The Morgan fingerprint density at radius 3 is 2.03 bits per heavy atom. The van der Waals surface area contributed by atoms with E-state index in [9.17, 15) is 35.5 Å². The number of benzene rings is 1. The van der Waals surface area contributed by atoms with Gasteiger partial charge in [0.2, 0.25) is 0 Å². The molecular formula is C25H32F7NO2. The zero-order valence-electron chi connectivity index (χ0n) is 20.1. The van der Waals surface area contributed by atoms with Crippen molar-refractivity contribution in [2.75, 3.05) is 13.2 Å². The molecule has 0 bridgehead atoms. The molecule has 0 saturated heterocycles. The van der Waals surface area contributed by atoms with Crippen molar-refractivity contribution in [1.82, 2.24) is 5.32 Å². The number of halogens is 7. The number of hydrogen-bond donors (Lipinski definition) is 1. The molecule has 0 radical (unpaired) electrons. The van der Waals surface area contributed by atoms with E-state index in [1.54, 1.807) is 12.2 Å². The number of alkyl halides is 6. The molecule has 0 atom stereocenters. The fourth-order valence-electron chi connectivity index (χ4n) is 2.98. The SMILES string of the molecule is CC(/C=C/CCCCCCCOc1cc(C(F)(F)F)cc(C(F)(F)F)c1)=C(/F)C(=O)NCC(C)C. The molecule has 0 unspecified atom stereocenters. The molecule has 0 aliphatic carbocycles.